The second-order valence-corrected chi connectivity index (χ2v) is 9.14. The van der Waals surface area contributed by atoms with Crippen LogP contribution in [-0.4, -0.2) is 50.1 Å². The fraction of sp³-hybridized carbons (Fsp3) is 0.417. The lowest BCUT2D eigenvalue weighted by Crippen LogP contribution is -2.33. The molecule has 9 nitrogen and oxygen atoms in total. The average Bonchev–Trinajstić information content (AvgIpc) is 3.22. The first-order valence-corrected chi connectivity index (χ1v) is 11.3. The summed E-state index contributed by atoms with van der Waals surface area (Å²) in [4.78, 5) is 19.8. The van der Waals surface area contributed by atoms with Crippen LogP contribution >= 0.6 is 11.6 Å². The van der Waals surface area contributed by atoms with Crippen LogP contribution in [0.2, 0.25) is 5.15 Å². The number of hydrogen-bond donors (Lipinski definition) is 3. The number of benzene rings is 1. The third-order valence-electron chi connectivity index (χ3n) is 5.10. The fourth-order valence-corrected chi connectivity index (χ4v) is 3.81. The second kappa shape index (κ2) is 10.9. The Morgan fingerprint density at radius 2 is 1.79 bits per heavy atom. The van der Waals surface area contributed by atoms with Gasteiger partial charge in [-0.15, -0.1) is 0 Å². The van der Waals surface area contributed by atoms with Crippen LogP contribution in [0.3, 0.4) is 0 Å². The maximum absolute atomic E-state index is 10.9. The minimum Gasteiger partial charge on any atom is -0.490 e. The van der Waals surface area contributed by atoms with Gasteiger partial charge in [0, 0.05) is 23.2 Å². The predicted molar refractivity (Wildman–Crippen MR) is 127 cm³/mol. The number of hydrogen-bond acceptors (Lipinski definition) is 8. The van der Waals surface area contributed by atoms with E-state index < -0.39 is 18.1 Å². The molecular formula is C24H29ClN4O5. The molecule has 0 fully saturated rings. The minimum atomic E-state index is -1.42. The molecule has 0 saturated carbocycles. The largest absolute Gasteiger partial charge is 0.490 e. The summed E-state index contributed by atoms with van der Waals surface area (Å²) in [7, 11) is 0. The van der Waals surface area contributed by atoms with Gasteiger partial charge in [-0.2, -0.15) is 4.98 Å². The molecule has 0 aliphatic heterocycles. The van der Waals surface area contributed by atoms with E-state index in [0.29, 0.717) is 34.1 Å². The van der Waals surface area contributed by atoms with Gasteiger partial charge in [-0.05, 0) is 61.6 Å². The number of halogens is 1. The first kappa shape index (κ1) is 25.6. The number of aryl methyl sites for hydroxylation is 2. The van der Waals surface area contributed by atoms with E-state index in [1.807, 2.05) is 32.0 Å². The molecule has 0 aliphatic rings. The molecule has 2 atom stereocenters. The summed E-state index contributed by atoms with van der Waals surface area (Å²) in [6, 6.07) is 7.30. The van der Waals surface area contributed by atoms with Crippen molar-refractivity contribution in [2.24, 2.45) is 11.7 Å². The zero-order valence-corrected chi connectivity index (χ0v) is 20.3. The van der Waals surface area contributed by atoms with Gasteiger partial charge in [0.2, 0.25) is 11.7 Å². The summed E-state index contributed by atoms with van der Waals surface area (Å²) in [5.41, 5.74) is 8.92. The molecule has 0 saturated heterocycles. The zero-order chi connectivity index (χ0) is 25.0. The zero-order valence-electron chi connectivity index (χ0n) is 19.6. The van der Waals surface area contributed by atoms with E-state index in [2.05, 4.69) is 29.0 Å². The van der Waals surface area contributed by atoms with Crippen molar-refractivity contribution in [2.75, 3.05) is 6.61 Å². The molecule has 0 spiro atoms. The number of pyridine rings is 1. The van der Waals surface area contributed by atoms with Crippen molar-refractivity contribution in [3.8, 4) is 28.6 Å². The molecule has 10 heteroatoms. The van der Waals surface area contributed by atoms with Crippen LogP contribution < -0.4 is 10.5 Å². The van der Waals surface area contributed by atoms with Gasteiger partial charge in [0.1, 0.15) is 23.6 Å². The second-order valence-electron chi connectivity index (χ2n) is 8.75. The van der Waals surface area contributed by atoms with E-state index in [0.717, 1.165) is 28.8 Å². The monoisotopic (exact) mass is 488 g/mol. The molecule has 0 bridgehead atoms. The lowest BCUT2D eigenvalue weighted by atomic mass is 10.0. The maximum Gasteiger partial charge on any atom is 0.258 e. The minimum absolute atomic E-state index is 0.0980. The number of primary amides is 1. The molecule has 1 aromatic carbocycles. The summed E-state index contributed by atoms with van der Waals surface area (Å²) < 4.78 is 11.2. The summed E-state index contributed by atoms with van der Waals surface area (Å²) in [5, 5.41) is 24.0. The summed E-state index contributed by atoms with van der Waals surface area (Å²) in [5.74, 6) is 0.879. The van der Waals surface area contributed by atoms with Crippen molar-refractivity contribution in [1.29, 1.82) is 0 Å². The first-order valence-electron chi connectivity index (χ1n) is 10.9. The highest BCUT2D eigenvalue weighted by molar-refractivity contribution is 6.29. The Bertz CT molecular complexity index is 1140. The molecule has 3 aromatic rings. The van der Waals surface area contributed by atoms with Crippen molar-refractivity contribution in [3.05, 3.63) is 46.2 Å². The number of aliphatic hydroxyl groups is 2. The lowest BCUT2D eigenvalue weighted by Gasteiger charge is -2.17. The Morgan fingerprint density at radius 1 is 1.12 bits per heavy atom. The van der Waals surface area contributed by atoms with Crippen LogP contribution in [0.1, 0.15) is 37.1 Å². The van der Waals surface area contributed by atoms with Crippen LogP contribution in [0, 0.1) is 19.8 Å². The van der Waals surface area contributed by atoms with Crippen molar-refractivity contribution >= 4 is 17.5 Å². The van der Waals surface area contributed by atoms with E-state index in [1.54, 1.807) is 6.07 Å². The van der Waals surface area contributed by atoms with Gasteiger partial charge in [-0.25, -0.2) is 4.98 Å². The Morgan fingerprint density at radius 3 is 2.41 bits per heavy atom. The van der Waals surface area contributed by atoms with Crippen LogP contribution in [0.4, 0.5) is 0 Å². The highest BCUT2D eigenvalue weighted by atomic mass is 35.5. The van der Waals surface area contributed by atoms with E-state index in [9.17, 15) is 15.0 Å². The fourth-order valence-electron chi connectivity index (χ4n) is 3.58. The van der Waals surface area contributed by atoms with Gasteiger partial charge in [-0.1, -0.05) is 30.6 Å². The number of aromatic nitrogens is 3. The normalized spacial score (nSPS) is 13.2. The predicted octanol–water partition coefficient (Wildman–Crippen LogP) is 3.24. The Kier molecular flexibility index (Phi) is 8.24. The molecule has 4 N–H and O–H groups in total. The number of amides is 1. The van der Waals surface area contributed by atoms with Crippen LogP contribution in [-0.2, 0) is 11.2 Å². The molecular weight excluding hydrogens is 460 g/mol. The highest BCUT2D eigenvalue weighted by Crippen LogP contribution is 2.31. The van der Waals surface area contributed by atoms with Crippen molar-refractivity contribution in [1.82, 2.24) is 15.1 Å². The van der Waals surface area contributed by atoms with Crippen molar-refractivity contribution < 1.29 is 24.3 Å². The molecule has 182 valence electrons. The summed E-state index contributed by atoms with van der Waals surface area (Å²) in [6.07, 6.45) is -1.89. The number of nitrogens with two attached hydrogens (primary N) is 1. The molecule has 3 rings (SSSR count). The van der Waals surface area contributed by atoms with Gasteiger partial charge in [0.05, 0.1) is 6.10 Å². The molecule has 1 unspecified atom stereocenters. The van der Waals surface area contributed by atoms with Gasteiger partial charge in [0.15, 0.2) is 0 Å². The SMILES string of the molecule is Cc1cc(-c2noc(-c3cc(Cl)nc(CC(C)C)c3)n2)cc(C)c1OC[C@@H](O)CC(O)C(N)=O. The third kappa shape index (κ3) is 6.53. The van der Waals surface area contributed by atoms with E-state index in [1.165, 1.54) is 0 Å². The lowest BCUT2D eigenvalue weighted by molar-refractivity contribution is -0.127. The molecule has 0 aliphatic carbocycles. The molecule has 34 heavy (non-hydrogen) atoms. The van der Waals surface area contributed by atoms with Gasteiger partial charge in [0.25, 0.3) is 5.89 Å². The van der Waals surface area contributed by atoms with Crippen LogP contribution in [0.5, 0.6) is 5.75 Å². The van der Waals surface area contributed by atoms with Crippen LogP contribution in [0.25, 0.3) is 22.8 Å². The highest BCUT2D eigenvalue weighted by Gasteiger charge is 2.19. The number of rotatable bonds is 10. The number of nitrogens with zero attached hydrogens (tertiary/aromatic N) is 3. The van der Waals surface area contributed by atoms with Gasteiger partial charge in [-0.3, -0.25) is 4.79 Å². The number of ether oxygens (including phenoxy) is 1. The smallest absolute Gasteiger partial charge is 0.258 e. The topological polar surface area (TPSA) is 145 Å². The average molecular weight is 489 g/mol. The third-order valence-corrected chi connectivity index (χ3v) is 5.29. The van der Waals surface area contributed by atoms with Gasteiger partial charge >= 0.3 is 0 Å². The number of aliphatic hydroxyl groups excluding tert-OH is 2. The quantitative estimate of drug-likeness (QED) is 0.369. The molecule has 0 radical (unpaired) electrons. The Balaban J connectivity index is 1.77. The standard InChI is InChI=1S/C24H29ClN4O5/c1-12(2)5-17-8-16(9-20(25)27-17)24-28-23(29-34-24)15-6-13(3)21(14(4)7-15)33-11-18(30)10-19(31)22(26)32/h6-9,12,18-19,30-31H,5,10-11H2,1-4H3,(H2,26,32)/t18-,19?/m0/s1. The van der Waals surface area contributed by atoms with Crippen molar-refractivity contribution in [3.63, 3.8) is 0 Å². The Labute approximate surface area is 202 Å². The number of carbonyl (C=O) groups is 1. The van der Waals surface area contributed by atoms with Gasteiger partial charge < -0.3 is 25.2 Å². The van der Waals surface area contributed by atoms with Crippen LogP contribution in [0.15, 0.2) is 28.8 Å². The van der Waals surface area contributed by atoms with E-state index in [-0.39, 0.29) is 13.0 Å². The molecule has 1 amide bonds. The van der Waals surface area contributed by atoms with E-state index in [4.69, 9.17) is 26.6 Å². The van der Waals surface area contributed by atoms with E-state index >= 15 is 0 Å². The summed E-state index contributed by atoms with van der Waals surface area (Å²) in [6.45, 7) is 7.84. The number of carbonyl (C=O) groups excluding carboxylic acids is 1. The maximum atomic E-state index is 10.9. The summed E-state index contributed by atoms with van der Waals surface area (Å²) >= 11 is 6.19. The molecule has 2 aromatic heterocycles. The molecule has 2 heterocycles. The Hall–Kier alpha value is -3.01. The first-order chi connectivity index (χ1) is 16.0. The van der Waals surface area contributed by atoms with Crippen molar-refractivity contribution in [2.45, 2.75) is 52.7 Å².